The predicted molar refractivity (Wildman–Crippen MR) is 89.2 cm³/mol. The largest absolute Gasteiger partial charge is 0.469 e. The predicted octanol–water partition coefficient (Wildman–Crippen LogP) is 4.14. The van der Waals surface area contributed by atoms with Crippen LogP contribution in [0.3, 0.4) is 0 Å². The van der Waals surface area contributed by atoms with Crippen molar-refractivity contribution in [2.24, 2.45) is 5.92 Å². The molecule has 0 radical (unpaired) electrons. The SMILES string of the molecule is CC(NC(=O)C1CC1c1ccco1)c1ccc2c(c1)CCCC2. The third kappa shape index (κ3) is 2.92. The molecule has 2 aromatic rings. The number of benzene rings is 1. The van der Waals surface area contributed by atoms with Gasteiger partial charge in [-0.1, -0.05) is 18.2 Å². The number of carbonyl (C=O) groups excluding carboxylic acids is 1. The van der Waals surface area contributed by atoms with Crippen LogP contribution in [0, 0.1) is 5.92 Å². The van der Waals surface area contributed by atoms with Gasteiger partial charge in [-0.3, -0.25) is 4.79 Å². The minimum Gasteiger partial charge on any atom is -0.469 e. The first-order valence-electron chi connectivity index (χ1n) is 8.68. The van der Waals surface area contributed by atoms with Crippen LogP contribution in [0.25, 0.3) is 0 Å². The number of fused-ring (bicyclic) bond motifs is 1. The molecule has 2 aliphatic carbocycles. The van der Waals surface area contributed by atoms with E-state index in [9.17, 15) is 4.79 Å². The Kier molecular flexibility index (Phi) is 3.72. The molecule has 1 saturated carbocycles. The Hall–Kier alpha value is -2.03. The fourth-order valence-corrected chi connectivity index (χ4v) is 3.73. The van der Waals surface area contributed by atoms with E-state index in [1.807, 2.05) is 12.1 Å². The van der Waals surface area contributed by atoms with Crippen molar-refractivity contribution in [2.45, 2.75) is 51.0 Å². The lowest BCUT2D eigenvalue weighted by molar-refractivity contribution is -0.123. The van der Waals surface area contributed by atoms with Crippen LogP contribution in [0.1, 0.15) is 60.6 Å². The molecule has 1 fully saturated rings. The molecule has 3 unspecified atom stereocenters. The number of hydrogen-bond acceptors (Lipinski definition) is 2. The maximum atomic E-state index is 12.4. The molecule has 1 heterocycles. The van der Waals surface area contributed by atoms with Crippen LogP contribution < -0.4 is 5.32 Å². The Balaban J connectivity index is 1.40. The number of furan rings is 1. The zero-order chi connectivity index (χ0) is 15.8. The van der Waals surface area contributed by atoms with Crippen molar-refractivity contribution in [3.05, 3.63) is 59.0 Å². The Morgan fingerprint density at radius 3 is 2.83 bits per heavy atom. The van der Waals surface area contributed by atoms with Crippen LogP contribution in [0.5, 0.6) is 0 Å². The van der Waals surface area contributed by atoms with E-state index in [-0.39, 0.29) is 23.8 Å². The molecule has 2 aliphatic rings. The Labute approximate surface area is 137 Å². The summed E-state index contributed by atoms with van der Waals surface area (Å²) in [4.78, 5) is 12.4. The number of nitrogens with one attached hydrogen (secondary N) is 1. The van der Waals surface area contributed by atoms with Crippen molar-refractivity contribution in [1.29, 1.82) is 0 Å². The number of amides is 1. The molecule has 23 heavy (non-hydrogen) atoms. The zero-order valence-electron chi connectivity index (χ0n) is 13.5. The average molecular weight is 309 g/mol. The number of rotatable bonds is 4. The molecule has 1 aromatic carbocycles. The number of aryl methyl sites for hydroxylation is 2. The maximum absolute atomic E-state index is 12.4. The molecule has 3 nitrogen and oxygen atoms in total. The molecule has 0 spiro atoms. The molecule has 3 atom stereocenters. The lowest BCUT2D eigenvalue weighted by Crippen LogP contribution is -2.28. The maximum Gasteiger partial charge on any atom is 0.224 e. The van der Waals surface area contributed by atoms with Gasteiger partial charge >= 0.3 is 0 Å². The third-order valence-electron chi connectivity index (χ3n) is 5.27. The monoisotopic (exact) mass is 309 g/mol. The normalized spacial score (nSPS) is 23.9. The fourth-order valence-electron chi connectivity index (χ4n) is 3.73. The van der Waals surface area contributed by atoms with E-state index in [0.29, 0.717) is 0 Å². The quantitative estimate of drug-likeness (QED) is 0.922. The summed E-state index contributed by atoms with van der Waals surface area (Å²) in [5.74, 6) is 1.42. The highest BCUT2D eigenvalue weighted by molar-refractivity contribution is 5.83. The van der Waals surface area contributed by atoms with E-state index in [1.54, 1.807) is 6.26 Å². The average Bonchev–Trinajstić information content (AvgIpc) is 3.20. The van der Waals surface area contributed by atoms with Gasteiger partial charge in [0.05, 0.1) is 12.3 Å². The first kappa shape index (κ1) is 14.6. The van der Waals surface area contributed by atoms with Crippen LogP contribution in [0.15, 0.2) is 41.0 Å². The van der Waals surface area contributed by atoms with E-state index >= 15 is 0 Å². The molecule has 120 valence electrons. The first-order chi connectivity index (χ1) is 11.2. The summed E-state index contributed by atoms with van der Waals surface area (Å²) in [7, 11) is 0. The molecule has 0 aliphatic heterocycles. The van der Waals surface area contributed by atoms with Gasteiger partial charge < -0.3 is 9.73 Å². The highest BCUT2D eigenvalue weighted by Gasteiger charge is 2.46. The van der Waals surface area contributed by atoms with Crippen LogP contribution in [-0.4, -0.2) is 5.91 Å². The molecule has 0 bridgehead atoms. The third-order valence-corrected chi connectivity index (χ3v) is 5.27. The lowest BCUT2D eigenvalue weighted by atomic mass is 9.89. The van der Waals surface area contributed by atoms with Gasteiger partial charge in [-0.05, 0) is 67.9 Å². The zero-order valence-corrected chi connectivity index (χ0v) is 13.5. The van der Waals surface area contributed by atoms with Gasteiger partial charge in [-0.2, -0.15) is 0 Å². The van der Waals surface area contributed by atoms with Gasteiger partial charge in [0.25, 0.3) is 0 Å². The summed E-state index contributed by atoms with van der Waals surface area (Å²) >= 11 is 0. The van der Waals surface area contributed by atoms with Crippen molar-refractivity contribution in [1.82, 2.24) is 5.32 Å². The van der Waals surface area contributed by atoms with Crippen molar-refractivity contribution >= 4 is 5.91 Å². The van der Waals surface area contributed by atoms with Crippen molar-refractivity contribution in [3.8, 4) is 0 Å². The summed E-state index contributed by atoms with van der Waals surface area (Å²) in [6.07, 6.45) is 7.53. The van der Waals surface area contributed by atoms with Crippen LogP contribution in [-0.2, 0) is 17.6 Å². The van der Waals surface area contributed by atoms with Gasteiger partial charge in [0, 0.05) is 11.8 Å². The summed E-state index contributed by atoms with van der Waals surface area (Å²) in [6.45, 7) is 2.08. The van der Waals surface area contributed by atoms with Gasteiger partial charge in [0.2, 0.25) is 5.91 Å². The molecule has 3 heteroatoms. The Morgan fingerprint density at radius 2 is 2.04 bits per heavy atom. The minimum atomic E-state index is 0.0626. The highest BCUT2D eigenvalue weighted by atomic mass is 16.3. The topological polar surface area (TPSA) is 42.2 Å². The highest BCUT2D eigenvalue weighted by Crippen LogP contribution is 2.47. The van der Waals surface area contributed by atoms with Gasteiger partial charge in [-0.15, -0.1) is 0 Å². The molecule has 4 rings (SSSR count). The molecular weight excluding hydrogens is 286 g/mol. The van der Waals surface area contributed by atoms with E-state index in [0.717, 1.165) is 12.2 Å². The van der Waals surface area contributed by atoms with Crippen LogP contribution >= 0.6 is 0 Å². The smallest absolute Gasteiger partial charge is 0.224 e. The van der Waals surface area contributed by atoms with Crippen molar-refractivity contribution < 1.29 is 9.21 Å². The van der Waals surface area contributed by atoms with Crippen LogP contribution in [0.2, 0.25) is 0 Å². The van der Waals surface area contributed by atoms with Gasteiger partial charge in [0.1, 0.15) is 5.76 Å². The minimum absolute atomic E-state index is 0.0626. The second-order valence-corrected chi connectivity index (χ2v) is 6.93. The Morgan fingerprint density at radius 1 is 1.22 bits per heavy atom. The summed E-state index contributed by atoms with van der Waals surface area (Å²) < 4.78 is 5.41. The summed E-state index contributed by atoms with van der Waals surface area (Å²) in [5, 5.41) is 3.18. The standard InChI is InChI=1S/C20H23NO2/c1-13(15-9-8-14-5-2-3-6-16(14)11-15)21-20(22)18-12-17(18)19-7-4-10-23-19/h4,7-11,13,17-18H,2-3,5-6,12H2,1H3,(H,21,22). The van der Waals surface area contributed by atoms with Gasteiger partial charge in [0.15, 0.2) is 0 Å². The second kappa shape index (κ2) is 5.88. The van der Waals surface area contributed by atoms with Crippen LogP contribution in [0.4, 0.5) is 0 Å². The molecule has 1 N–H and O–H groups in total. The number of carbonyl (C=O) groups is 1. The van der Waals surface area contributed by atoms with E-state index < -0.39 is 0 Å². The van der Waals surface area contributed by atoms with Crippen molar-refractivity contribution in [3.63, 3.8) is 0 Å². The lowest BCUT2D eigenvalue weighted by Gasteiger charge is -2.20. The number of hydrogen-bond donors (Lipinski definition) is 1. The van der Waals surface area contributed by atoms with Gasteiger partial charge in [-0.25, -0.2) is 0 Å². The van der Waals surface area contributed by atoms with Crippen molar-refractivity contribution in [2.75, 3.05) is 0 Å². The second-order valence-electron chi connectivity index (χ2n) is 6.93. The fraction of sp³-hybridized carbons (Fsp3) is 0.450. The summed E-state index contributed by atoms with van der Waals surface area (Å²) in [6, 6.07) is 10.6. The first-order valence-corrected chi connectivity index (χ1v) is 8.68. The Bertz CT molecular complexity index is 704. The van der Waals surface area contributed by atoms with E-state index in [2.05, 4.69) is 30.4 Å². The molecule has 1 amide bonds. The van der Waals surface area contributed by atoms with E-state index in [4.69, 9.17) is 4.42 Å². The summed E-state index contributed by atoms with van der Waals surface area (Å²) in [5.41, 5.74) is 4.17. The molecule has 1 aromatic heterocycles. The molecular formula is C20H23NO2. The molecule has 0 saturated heterocycles. The van der Waals surface area contributed by atoms with E-state index in [1.165, 1.54) is 42.4 Å².